The van der Waals surface area contributed by atoms with E-state index in [9.17, 15) is 8.78 Å². The lowest BCUT2D eigenvalue weighted by Gasteiger charge is -2.46. The molecule has 0 radical (unpaired) electrons. The highest BCUT2D eigenvalue weighted by Gasteiger charge is 2.34. The first kappa shape index (κ1) is 15.4. The van der Waals surface area contributed by atoms with Gasteiger partial charge in [0.1, 0.15) is 11.6 Å². The molecule has 2 nitrogen and oxygen atoms in total. The summed E-state index contributed by atoms with van der Waals surface area (Å²) in [6, 6.07) is 4.48. The van der Waals surface area contributed by atoms with E-state index in [0.717, 1.165) is 25.9 Å². The van der Waals surface area contributed by atoms with Crippen LogP contribution < -0.4 is 5.32 Å². The third-order valence-electron chi connectivity index (χ3n) is 4.17. The van der Waals surface area contributed by atoms with Gasteiger partial charge in [0.2, 0.25) is 0 Å². The molecule has 112 valence electrons. The van der Waals surface area contributed by atoms with Gasteiger partial charge in [0.15, 0.2) is 0 Å². The fourth-order valence-electron chi connectivity index (χ4n) is 2.78. The van der Waals surface area contributed by atoms with Gasteiger partial charge < -0.3 is 5.32 Å². The number of nitrogens with one attached hydrogen (secondary N) is 1. The molecule has 20 heavy (non-hydrogen) atoms. The Kier molecular flexibility index (Phi) is 4.76. The van der Waals surface area contributed by atoms with Crippen molar-refractivity contribution in [1.29, 1.82) is 0 Å². The van der Waals surface area contributed by atoms with Crippen LogP contribution in [0.1, 0.15) is 39.2 Å². The van der Waals surface area contributed by atoms with Gasteiger partial charge in [-0.1, -0.05) is 19.4 Å². The summed E-state index contributed by atoms with van der Waals surface area (Å²) >= 11 is 0. The van der Waals surface area contributed by atoms with Crippen LogP contribution in [-0.2, 0) is 6.54 Å². The molecule has 1 aliphatic heterocycles. The second-order valence-electron chi connectivity index (χ2n) is 6.26. The van der Waals surface area contributed by atoms with Crippen LogP contribution in [0.3, 0.4) is 0 Å². The van der Waals surface area contributed by atoms with Gasteiger partial charge in [-0.25, -0.2) is 8.78 Å². The summed E-state index contributed by atoms with van der Waals surface area (Å²) in [6.07, 6.45) is 2.20. The third-order valence-corrected chi connectivity index (χ3v) is 4.17. The smallest absolute Gasteiger partial charge is 0.130 e. The Bertz CT molecular complexity index is 440. The SMILES string of the molecule is CCCC1CN(Cc2c(F)cccc2F)C(C)(C)CN1. The topological polar surface area (TPSA) is 15.3 Å². The molecular formula is C16H24F2N2. The molecule has 0 amide bonds. The quantitative estimate of drug-likeness (QED) is 0.911. The summed E-state index contributed by atoms with van der Waals surface area (Å²) in [6.45, 7) is 8.37. The van der Waals surface area contributed by atoms with Crippen molar-refractivity contribution in [1.82, 2.24) is 10.2 Å². The first-order valence-corrected chi connectivity index (χ1v) is 7.35. The van der Waals surface area contributed by atoms with Crippen molar-refractivity contribution < 1.29 is 8.78 Å². The molecule has 0 saturated carbocycles. The minimum absolute atomic E-state index is 0.0983. The van der Waals surface area contributed by atoms with E-state index < -0.39 is 11.6 Å². The van der Waals surface area contributed by atoms with Gasteiger partial charge >= 0.3 is 0 Å². The second kappa shape index (κ2) is 6.19. The molecule has 0 aromatic heterocycles. The van der Waals surface area contributed by atoms with E-state index in [1.165, 1.54) is 18.2 Å². The van der Waals surface area contributed by atoms with Crippen LogP contribution in [-0.4, -0.2) is 29.6 Å². The van der Waals surface area contributed by atoms with E-state index in [1.807, 2.05) is 0 Å². The molecule has 1 aromatic rings. The van der Waals surface area contributed by atoms with Crippen molar-refractivity contribution in [3.8, 4) is 0 Å². The highest BCUT2D eigenvalue weighted by atomic mass is 19.1. The zero-order valence-electron chi connectivity index (χ0n) is 12.5. The Balaban J connectivity index is 2.16. The van der Waals surface area contributed by atoms with E-state index in [2.05, 4.69) is 31.0 Å². The molecule has 1 saturated heterocycles. The molecule has 4 heteroatoms. The van der Waals surface area contributed by atoms with Crippen LogP contribution in [0.2, 0.25) is 0 Å². The lowest BCUT2D eigenvalue weighted by atomic mass is 9.95. The van der Waals surface area contributed by atoms with Crippen molar-refractivity contribution in [2.75, 3.05) is 13.1 Å². The van der Waals surface area contributed by atoms with Gasteiger partial charge in [0.05, 0.1) is 0 Å². The maximum Gasteiger partial charge on any atom is 0.130 e. The van der Waals surface area contributed by atoms with Gasteiger partial charge in [0.25, 0.3) is 0 Å². The second-order valence-corrected chi connectivity index (χ2v) is 6.26. The predicted molar refractivity (Wildman–Crippen MR) is 77.5 cm³/mol. The van der Waals surface area contributed by atoms with Crippen molar-refractivity contribution >= 4 is 0 Å². The van der Waals surface area contributed by atoms with E-state index in [1.54, 1.807) is 0 Å². The van der Waals surface area contributed by atoms with Crippen molar-refractivity contribution in [3.63, 3.8) is 0 Å². The average Bonchev–Trinajstić information content (AvgIpc) is 2.38. The van der Waals surface area contributed by atoms with Crippen LogP contribution in [0.25, 0.3) is 0 Å². The molecule has 0 bridgehead atoms. The number of halogens is 2. The molecule has 1 aromatic carbocycles. The van der Waals surface area contributed by atoms with Crippen LogP contribution in [0.4, 0.5) is 8.78 Å². The van der Waals surface area contributed by atoms with E-state index in [4.69, 9.17) is 0 Å². The van der Waals surface area contributed by atoms with Gasteiger partial charge in [0, 0.05) is 36.8 Å². The Morgan fingerprint density at radius 3 is 2.55 bits per heavy atom. The van der Waals surface area contributed by atoms with Gasteiger partial charge in [-0.15, -0.1) is 0 Å². The molecular weight excluding hydrogens is 258 g/mol. The summed E-state index contributed by atoms with van der Waals surface area (Å²) in [5.41, 5.74) is 0.0802. The normalized spacial score (nSPS) is 22.9. The molecule has 1 aliphatic rings. The number of piperazine rings is 1. The van der Waals surface area contributed by atoms with Crippen molar-refractivity contribution in [2.24, 2.45) is 0 Å². The fraction of sp³-hybridized carbons (Fsp3) is 0.625. The first-order chi connectivity index (χ1) is 9.44. The van der Waals surface area contributed by atoms with Crippen molar-refractivity contribution in [3.05, 3.63) is 35.4 Å². The summed E-state index contributed by atoms with van der Waals surface area (Å²) in [7, 11) is 0. The Morgan fingerprint density at radius 1 is 1.30 bits per heavy atom. The lowest BCUT2D eigenvalue weighted by Crippen LogP contribution is -2.61. The predicted octanol–water partition coefficient (Wildman–Crippen LogP) is 3.32. The van der Waals surface area contributed by atoms with E-state index >= 15 is 0 Å². The molecule has 0 spiro atoms. The van der Waals surface area contributed by atoms with Crippen LogP contribution in [0, 0.1) is 11.6 Å². The number of rotatable bonds is 4. The van der Waals surface area contributed by atoms with Gasteiger partial charge in [-0.05, 0) is 32.4 Å². The summed E-state index contributed by atoms with van der Waals surface area (Å²) in [5, 5.41) is 3.53. The number of benzene rings is 1. The number of nitrogens with zero attached hydrogens (tertiary/aromatic N) is 1. The van der Waals surface area contributed by atoms with E-state index in [0.29, 0.717) is 12.6 Å². The van der Waals surface area contributed by atoms with Crippen molar-refractivity contribution in [2.45, 2.75) is 51.7 Å². The average molecular weight is 282 g/mol. The summed E-state index contributed by atoms with van der Waals surface area (Å²) in [4.78, 5) is 2.19. The maximum absolute atomic E-state index is 13.8. The zero-order chi connectivity index (χ0) is 14.8. The minimum Gasteiger partial charge on any atom is -0.311 e. The molecule has 1 unspecified atom stereocenters. The lowest BCUT2D eigenvalue weighted by molar-refractivity contribution is 0.0543. The van der Waals surface area contributed by atoms with Crippen LogP contribution in [0.15, 0.2) is 18.2 Å². The Morgan fingerprint density at radius 2 is 1.95 bits per heavy atom. The molecule has 1 fully saturated rings. The minimum atomic E-state index is -0.452. The third kappa shape index (κ3) is 3.36. The molecule has 0 aliphatic carbocycles. The molecule has 1 atom stereocenters. The van der Waals surface area contributed by atoms with Gasteiger partial charge in [-0.3, -0.25) is 4.90 Å². The highest BCUT2D eigenvalue weighted by Crippen LogP contribution is 2.24. The Labute approximate surface area is 120 Å². The van der Waals surface area contributed by atoms with Crippen LogP contribution in [0.5, 0.6) is 0 Å². The zero-order valence-corrected chi connectivity index (χ0v) is 12.5. The first-order valence-electron chi connectivity index (χ1n) is 7.35. The highest BCUT2D eigenvalue weighted by molar-refractivity contribution is 5.20. The molecule has 1 heterocycles. The monoisotopic (exact) mass is 282 g/mol. The standard InChI is InChI=1S/C16H24F2N2/c1-4-6-12-9-20(16(2,3)11-19-12)10-13-14(17)7-5-8-15(13)18/h5,7-8,12,19H,4,6,9-11H2,1-3H3. The van der Waals surface area contributed by atoms with E-state index in [-0.39, 0.29) is 11.1 Å². The Hall–Kier alpha value is -1.00. The largest absolute Gasteiger partial charge is 0.311 e. The molecule has 1 N–H and O–H groups in total. The summed E-state index contributed by atoms with van der Waals surface area (Å²) in [5.74, 6) is -0.905. The van der Waals surface area contributed by atoms with Gasteiger partial charge in [-0.2, -0.15) is 0 Å². The summed E-state index contributed by atoms with van der Waals surface area (Å²) < 4.78 is 27.6. The molecule has 2 rings (SSSR count). The number of hydrogen-bond acceptors (Lipinski definition) is 2. The maximum atomic E-state index is 13.8. The van der Waals surface area contributed by atoms with Crippen LogP contribution >= 0.6 is 0 Å². The fourth-order valence-corrected chi connectivity index (χ4v) is 2.78. The number of hydrogen-bond donors (Lipinski definition) is 1.